The maximum absolute atomic E-state index is 13.3. The Kier molecular flexibility index (Phi) is 10.6. The van der Waals surface area contributed by atoms with Gasteiger partial charge in [-0.25, -0.2) is 0 Å². The number of aliphatic hydroxyl groups excluding tert-OH is 2. The van der Waals surface area contributed by atoms with Crippen LogP contribution in [0.5, 0.6) is 0 Å². The van der Waals surface area contributed by atoms with Crippen LogP contribution in [-0.2, 0) is 20.7 Å². The van der Waals surface area contributed by atoms with Crippen LogP contribution >= 0.6 is 0 Å². The van der Waals surface area contributed by atoms with Gasteiger partial charge in [0.2, 0.25) is 5.91 Å². The smallest absolute Gasteiger partial charge is 0.259 e. The average Bonchev–Trinajstić information content (AvgIpc) is 3.15. The van der Waals surface area contributed by atoms with E-state index in [9.17, 15) is 19.8 Å². The maximum Gasteiger partial charge on any atom is 0.259 e. The van der Waals surface area contributed by atoms with E-state index in [1.165, 1.54) is 14.0 Å². The van der Waals surface area contributed by atoms with Gasteiger partial charge in [-0.1, -0.05) is 12.1 Å². The lowest BCUT2D eigenvalue weighted by Gasteiger charge is -2.31. The topological polar surface area (TPSA) is 126 Å². The van der Waals surface area contributed by atoms with Crippen molar-refractivity contribution in [2.75, 3.05) is 46.5 Å². The van der Waals surface area contributed by atoms with Crippen molar-refractivity contribution in [2.24, 2.45) is 0 Å². The first-order chi connectivity index (χ1) is 15.3. The van der Waals surface area contributed by atoms with Gasteiger partial charge in [0, 0.05) is 46.8 Å². The van der Waals surface area contributed by atoms with Crippen molar-refractivity contribution in [3.05, 3.63) is 17.0 Å². The normalized spacial score (nSPS) is 24.6. The van der Waals surface area contributed by atoms with Crippen molar-refractivity contribution < 1.29 is 33.8 Å². The van der Waals surface area contributed by atoms with Crippen LogP contribution in [0.3, 0.4) is 0 Å². The van der Waals surface area contributed by atoms with Gasteiger partial charge in [0.25, 0.3) is 5.91 Å². The Morgan fingerprint density at radius 2 is 1.84 bits per heavy atom. The molecule has 1 saturated heterocycles. The molecule has 1 fully saturated rings. The highest BCUT2D eigenvalue weighted by molar-refractivity contribution is 5.96. The molecule has 1 aromatic rings. The number of carbonyl (C=O) groups is 2. The number of rotatable bonds is 3. The molecule has 0 bridgehead atoms. The van der Waals surface area contributed by atoms with Gasteiger partial charge in [-0.15, -0.1) is 0 Å². The van der Waals surface area contributed by atoms with Crippen LogP contribution in [0.4, 0.5) is 0 Å². The van der Waals surface area contributed by atoms with Gasteiger partial charge < -0.3 is 34.0 Å². The molecule has 0 radical (unpaired) electrons. The highest BCUT2D eigenvalue weighted by Crippen LogP contribution is 2.18. The third kappa shape index (κ3) is 6.99. The molecule has 0 spiro atoms. The molecule has 2 rings (SSSR count). The Morgan fingerprint density at radius 1 is 1.16 bits per heavy atom. The highest BCUT2D eigenvalue weighted by atomic mass is 16.5. The van der Waals surface area contributed by atoms with Crippen molar-refractivity contribution in [3.8, 4) is 0 Å². The van der Waals surface area contributed by atoms with E-state index in [4.69, 9.17) is 14.0 Å². The number of amides is 2. The second-order valence-corrected chi connectivity index (χ2v) is 8.14. The molecule has 10 nitrogen and oxygen atoms in total. The summed E-state index contributed by atoms with van der Waals surface area (Å²) in [5.41, 5.74) is 1.15. The molecule has 0 saturated carbocycles. The van der Waals surface area contributed by atoms with Gasteiger partial charge >= 0.3 is 0 Å². The van der Waals surface area contributed by atoms with Crippen LogP contribution in [-0.4, -0.2) is 102 Å². The first-order valence-corrected chi connectivity index (χ1v) is 11.3. The van der Waals surface area contributed by atoms with Crippen LogP contribution in [0.2, 0.25) is 0 Å². The Bertz CT molecular complexity index is 739. The summed E-state index contributed by atoms with van der Waals surface area (Å²) in [6.07, 6.45) is -0.498. The summed E-state index contributed by atoms with van der Waals surface area (Å²) in [4.78, 5) is 28.8. The van der Waals surface area contributed by atoms with Crippen LogP contribution in [0.15, 0.2) is 4.52 Å². The van der Waals surface area contributed by atoms with E-state index in [1.807, 2.05) is 6.92 Å². The maximum atomic E-state index is 13.3. The molecule has 2 N–H and O–H groups in total. The SMILES string of the molecule is CCc1noc(C)c1C(=O)N1CCCCOC[C@H](O)[C@H](O)[C@@H](OC)CN(C(C)=O)CCC1. The molecule has 1 aliphatic rings. The van der Waals surface area contributed by atoms with Crippen molar-refractivity contribution in [2.45, 2.75) is 64.8 Å². The fourth-order valence-corrected chi connectivity index (χ4v) is 3.83. The van der Waals surface area contributed by atoms with E-state index in [0.29, 0.717) is 68.9 Å². The van der Waals surface area contributed by atoms with E-state index in [-0.39, 0.29) is 25.0 Å². The number of nitrogens with zero attached hydrogens (tertiary/aromatic N) is 3. The number of methoxy groups -OCH3 is 1. The van der Waals surface area contributed by atoms with Gasteiger partial charge in [0.05, 0.1) is 12.3 Å². The fraction of sp³-hybridized carbons (Fsp3) is 0.773. The predicted octanol–water partition coefficient (Wildman–Crippen LogP) is 0.773. The summed E-state index contributed by atoms with van der Waals surface area (Å²) in [6, 6.07) is 0. The van der Waals surface area contributed by atoms with E-state index < -0.39 is 18.3 Å². The zero-order chi connectivity index (χ0) is 23.7. The predicted molar refractivity (Wildman–Crippen MR) is 116 cm³/mol. The fourth-order valence-electron chi connectivity index (χ4n) is 3.83. The lowest BCUT2D eigenvalue weighted by Crippen LogP contribution is -2.48. The molecule has 0 aromatic carbocycles. The lowest BCUT2D eigenvalue weighted by molar-refractivity contribution is -0.136. The molecule has 182 valence electrons. The number of hydrogen-bond acceptors (Lipinski definition) is 8. The van der Waals surface area contributed by atoms with Gasteiger partial charge in [-0.3, -0.25) is 9.59 Å². The first kappa shape index (κ1) is 26.2. The first-order valence-electron chi connectivity index (χ1n) is 11.3. The largest absolute Gasteiger partial charge is 0.388 e. The zero-order valence-electron chi connectivity index (χ0n) is 19.6. The third-order valence-corrected chi connectivity index (χ3v) is 5.80. The lowest BCUT2D eigenvalue weighted by atomic mass is 10.1. The number of aryl methyl sites for hydroxylation is 2. The van der Waals surface area contributed by atoms with Crippen molar-refractivity contribution in [3.63, 3.8) is 0 Å². The van der Waals surface area contributed by atoms with Gasteiger partial charge in [-0.2, -0.15) is 0 Å². The van der Waals surface area contributed by atoms with E-state index >= 15 is 0 Å². The second-order valence-electron chi connectivity index (χ2n) is 8.14. The third-order valence-electron chi connectivity index (χ3n) is 5.80. The molecular weight excluding hydrogens is 418 g/mol. The molecule has 2 amide bonds. The monoisotopic (exact) mass is 455 g/mol. The molecule has 1 aromatic heterocycles. The highest BCUT2D eigenvalue weighted by Gasteiger charge is 2.30. The molecule has 0 unspecified atom stereocenters. The molecule has 10 heteroatoms. The summed E-state index contributed by atoms with van der Waals surface area (Å²) >= 11 is 0. The van der Waals surface area contributed by atoms with Crippen LogP contribution < -0.4 is 0 Å². The standard InChI is InChI=1S/C22H37N3O7/c1-5-17-20(15(2)32-23-17)22(29)24-9-6-7-12-31-14-18(27)21(28)19(30-4)13-25(16(3)26)11-8-10-24/h18-19,21,27-28H,5-14H2,1-4H3/t18-,19-,21-/m0/s1. The van der Waals surface area contributed by atoms with Crippen molar-refractivity contribution in [1.82, 2.24) is 15.0 Å². The van der Waals surface area contributed by atoms with Gasteiger partial charge in [0.15, 0.2) is 0 Å². The quantitative estimate of drug-likeness (QED) is 0.685. The minimum absolute atomic E-state index is 0.0382. The number of hydrogen-bond donors (Lipinski definition) is 2. The Labute approximate surface area is 189 Å². The molecular formula is C22H37N3O7. The Morgan fingerprint density at radius 3 is 2.50 bits per heavy atom. The molecule has 0 aliphatic carbocycles. The summed E-state index contributed by atoms with van der Waals surface area (Å²) in [5, 5.41) is 24.7. The number of aliphatic hydroxyl groups is 2. The summed E-state index contributed by atoms with van der Waals surface area (Å²) in [7, 11) is 1.43. The molecule has 2 heterocycles. The van der Waals surface area contributed by atoms with E-state index in [0.717, 1.165) is 0 Å². The zero-order valence-corrected chi connectivity index (χ0v) is 19.6. The van der Waals surface area contributed by atoms with Crippen molar-refractivity contribution >= 4 is 11.8 Å². The number of ether oxygens (including phenoxy) is 2. The van der Waals surface area contributed by atoms with Crippen LogP contribution in [0, 0.1) is 6.92 Å². The minimum Gasteiger partial charge on any atom is -0.388 e. The number of aromatic nitrogens is 1. The van der Waals surface area contributed by atoms with Crippen LogP contribution in [0.1, 0.15) is 54.9 Å². The minimum atomic E-state index is -1.19. The summed E-state index contributed by atoms with van der Waals surface area (Å²) < 4.78 is 16.1. The van der Waals surface area contributed by atoms with E-state index in [2.05, 4.69) is 5.16 Å². The molecule has 1 aliphatic heterocycles. The van der Waals surface area contributed by atoms with Crippen molar-refractivity contribution in [1.29, 1.82) is 0 Å². The van der Waals surface area contributed by atoms with Gasteiger partial charge in [-0.05, 0) is 32.6 Å². The Hall–Kier alpha value is -2.01. The summed E-state index contributed by atoms with van der Waals surface area (Å²) in [6.45, 7) is 6.98. The molecule has 3 atom stereocenters. The average molecular weight is 456 g/mol. The Balaban J connectivity index is 2.18. The number of carbonyl (C=O) groups excluding carboxylic acids is 2. The second kappa shape index (κ2) is 12.9. The summed E-state index contributed by atoms with van der Waals surface area (Å²) in [5.74, 6) is 0.207. The van der Waals surface area contributed by atoms with Gasteiger partial charge in [0.1, 0.15) is 29.6 Å². The van der Waals surface area contributed by atoms with E-state index in [1.54, 1.807) is 16.7 Å². The molecule has 32 heavy (non-hydrogen) atoms. The van der Waals surface area contributed by atoms with Crippen LogP contribution in [0.25, 0.3) is 0 Å².